The van der Waals surface area contributed by atoms with Crippen LogP contribution in [0.1, 0.15) is 52.7 Å². The molecule has 0 unspecified atom stereocenters. The van der Waals surface area contributed by atoms with Crippen LogP contribution in [0.15, 0.2) is 115 Å². The van der Waals surface area contributed by atoms with Crippen molar-refractivity contribution in [2.24, 2.45) is 0 Å². The number of non-ortho nitro benzene ring substituents is 1. The standard InChI is InChI=1S/C32H31N3O5/c36-30(19-11-4-12-24-33-31(37)25-20-22-29(23-21-25)35(38)39)34-40-32(26-13-5-1-6-14-26,27-15-7-2-8-16-27)28-17-9-3-10-18-28/h1-3,5-10,13-18,20-23H,4,11-12,19,24H2,(H,33,37)(H,34,36). The minimum Gasteiger partial charge on any atom is -0.352 e. The number of carbonyl (C=O) groups is 2. The molecule has 2 N–H and O–H groups in total. The van der Waals surface area contributed by atoms with Crippen molar-refractivity contribution in [2.45, 2.75) is 31.3 Å². The van der Waals surface area contributed by atoms with Gasteiger partial charge in [-0.3, -0.25) is 24.5 Å². The Kier molecular flexibility index (Phi) is 9.74. The maximum absolute atomic E-state index is 12.8. The number of nitrogens with one attached hydrogen (secondary N) is 2. The highest BCUT2D eigenvalue weighted by Crippen LogP contribution is 2.39. The molecule has 0 aliphatic rings. The van der Waals surface area contributed by atoms with Gasteiger partial charge in [0.25, 0.3) is 11.6 Å². The van der Waals surface area contributed by atoms with E-state index in [1.165, 1.54) is 24.3 Å². The number of amides is 2. The van der Waals surface area contributed by atoms with Gasteiger partial charge in [-0.1, -0.05) is 97.4 Å². The van der Waals surface area contributed by atoms with Crippen molar-refractivity contribution < 1.29 is 19.3 Å². The van der Waals surface area contributed by atoms with Crippen molar-refractivity contribution in [3.8, 4) is 0 Å². The number of nitrogens with zero attached hydrogens (tertiary/aromatic N) is 1. The third kappa shape index (κ3) is 6.98. The van der Waals surface area contributed by atoms with Gasteiger partial charge >= 0.3 is 0 Å². The molecule has 204 valence electrons. The summed E-state index contributed by atoms with van der Waals surface area (Å²) in [6.45, 7) is 0.438. The number of hydrogen-bond acceptors (Lipinski definition) is 5. The zero-order valence-electron chi connectivity index (χ0n) is 22.0. The van der Waals surface area contributed by atoms with Gasteiger partial charge in [0.2, 0.25) is 5.91 Å². The summed E-state index contributed by atoms with van der Waals surface area (Å²) in [4.78, 5) is 41.6. The molecule has 40 heavy (non-hydrogen) atoms. The van der Waals surface area contributed by atoms with Crippen LogP contribution in [0.5, 0.6) is 0 Å². The first-order chi connectivity index (χ1) is 19.5. The van der Waals surface area contributed by atoms with E-state index in [1.54, 1.807) is 0 Å². The van der Waals surface area contributed by atoms with E-state index in [0.717, 1.165) is 23.1 Å². The van der Waals surface area contributed by atoms with E-state index in [1.807, 2.05) is 91.0 Å². The average molecular weight is 538 g/mol. The Morgan fingerprint density at radius 1 is 0.700 bits per heavy atom. The van der Waals surface area contributed by atoms with Crippen LogP contribution in [0.25, 0.3) is 0 Å². The highest BCUT2D eigenvalue weighted by molar-refractivity contribution is 5.94. The van der Waals surface area contributed by atoms with E-state index < -0.39 is 10.5 Å². The number of nitro benzene ring substituents is 1. The van der Waals surface area contributed by atoms with Gasteiger partial charge in [-0.15, -0.1) is 0 Å². The fourth-order valence-corrected chi connectivity index (χ4v) is 4.51. The molecule has 0 aliphatic carbocycles. The van der Waals surface area contributed by atoms with Gasteiger partial charge in [0.1, 0.15) is 0 Å². The lowest BCUT2D eigenvalue weighted by Crippen LogP contribution is -2.40. The molecule has 0 atom stereocenters. The second-order valence-corrected chi connectivity index (χ2v) is 9.28. The zero-order chi connectivity index (χ0) is 28.2. The Labute approximate surface area is 233 Å². The third-order valence-electron chi connectivity index (χ3n) is 6.57. The number of carbonyl (C=O) groups excluding carboxylic acids is 2. The predicted octanol–water partition coefficient (Wildman–Crippen LogP) is 5.92. The van der Waals surface area contributed by atoms with Crippen LogP contribution in [0.2, 0.25) is 0 Å². The average Bonchev–Trinajstić information content (AvgIpc) is 3.01. The Balaban J connectivity index is 1.32. The van der Waals surface area contributed by atoms with Gasteiger partial charge < -0.3 is 5.32 Å². The predicted molar refractivity (Wildman–Crippen MR) is 152 cm³/mol. The highest BCUT2D eigenvalue weighted by atomic mass is 16.7. The number of hydroxylamine groups is 1. The molecule has 4 aromatic rings. The summed E-state index contributed by atoms with van der Waals surface area (Å²) >= 11 is 0. The molecule has 0 aromatic heterocycles. The van der Waals surface area contributed by atoms with Crippen molar-refractivity contribution >= 4 is 17.5 Å². The van der Waals surface area contributed by atoms with Crippen LogP contribution in [-0.2, 0) is 15.2 Å². The van der Waals surface area contributed by atoms with Gasteiger partial charge in [0, 0.05) is 30.7 Å². The molecule has 8 heteroatoms. The minimum absolute atomic E-state index is 0.0626. The van der Waals surface area contributed by atoms with Crippen LogP contribution >= 0.6 is 0 Å². The van der Waals surface area contributed by atoms with Gasteiger partial charge in [0.15, 0.2) is 5.60 Å². The van der Waals surface area contributed by atoms with Gasteiger partial charge in [-0.05, 0) is 41.7 Å². The summed E-state index contributed by atoms with van der Waals surface area (Å²) in [6.07, 6.45) is 2.31. The van der Waals surface area contributed by atoms with E-state index in [0.29, 0.717) is 24.9 Å². The largest absolute Gasteiger partial charge is 0.352 e. The number of nitro groups is 1. The van der Waals surface area contributed by atoms with Crippen molar-refractivity contribution in [1.29, 1.82) is 0 Å². The first-order valence-electron chi connectivity index (χ1n) is 13.2. The molecule has 4 rings (SSSR count). The summed E-state index contributed by atoms with van der Waals surface area (Å²) in [6, 6.07) is 34.9. The normalized spacial score (nSPS) is 11.0. The highest BCUT2D eigenvalue weighted by Gasteiger charge is 2.39. The second kappa shape index (κ2) is 13.8. The van der Waals surface area contributed by atoms with Crippen molar-refractivity contribution in [2.75, 3.05) is 6.54 Å². The lowest BCUT2D eigenvalue weighted by molar-refractivity contribution is -0.384. The minimum atomic E-state index is -1.04. The van der Waals surface area contributed by atoms with Crippen LogP contribution < -0.4 is 10.8 Å². The van der Waals surface area contributed by atoms with Crippen LogP contribution in [0, 0.1) is 10.1 Å². The zero-order valence-corrected chi connectivity index (χ0v) is 22.0. The molecular weight excluding hydrogens is 506 g/mol. The van der Waals surface area contributed by atoms with Crippen molar-refractivity contribution in [1.82, 2.24) is 10.8 Å². The van der Waals surface area contributed by atoms with E-state index >= 15 is 0 Å². The summed E-state index contributed by atoms with van der Waals surface area (Å²) in [5.74, 6) is -0.526. The Morgan fingerprint density at radius 2 is 1.20 bits per heavy atom. The Bertz CT molecular complexity index is 1300. The van der Waals surface area contributed by atoms with Gasteiger partial charge in [-0.25, -0.2) is 5.48 Å². The first kappa shape index (κ1) is 28.2. The molecule has 4 aromatic carbocycles. The smallest absolute Gasteiger partial charge is 0.269 e. The lowest BCUT2D eigenvalue weighted by Gasteiger charge is -2.35. The molecule has 0 heterocycles. The van der Waals surface area contributed by atoms with Crippen LogP contribution in [0.3, 0.4) is 0 Å². The molecule has 0 fully saturated rings. The van der Waals surface area contributed by atoms with E-state index in [2.05, 4.69) is 10.8 Å². The summed E-state index contributed by atoms with van der Waals surface area (Å²) < 4.78 is 0. The molecule has 0 saturated carbocycles. The van der Waals surface area contributed by atoms with Crippen LogP contribution in [-0.4, -0.2) is 23.3 Å². The molecule has 2 amide bonds. The topological polar surface area (TPSA) is 111 Å². The monoisotopic (exact) mass is 537 g/mol. The maximum atomic E-state index is 12.8. The fraction of sp³-hybridized carbons (Fsp3) is 0.188. The third-order valence-corrected chi connectivity index (χ3v) is 6.57. The van der Waals surface area contributed by atoms with E-state index in [-0.39, 0.29) is 23.9 Å². The van der Waals surface area contributed by atoms with Gasteiger partial charge in [-0.2, -0.15) is 0 Å². The number of hydrogen-bond donors (Lipinski definition) is 2. The summed E-state index contributed by atoms with van der Waals surface area (Å²) in [5.41, 5.74) is 4.62. The van der Waals surface area contributed by atoms with E-state index in [9.17, 15) is 19.7 Å². The molecule has 0 aliphatic heterocycles. The summed E-state index contributed by atoms with van der Waals surface area (Å²) in [7, 11) is 0. The van der Waals surface area contributed by atoms with Crippen LogP contribution in [0.4, 0.5) is 5.69 Å². The molecular formula is C32H31N3O5. The van der Waals surface area contributed by atoms with Gasteiger partial charge in [0.05, 0.1) is 4.92 Å². The maximum Gasteiger partial charge on any atom is 0.269 e. The molecule has 0 saturated heterocycles. The SMILES string of the molecule is O=C(CCCCCNC(=O)c1ccc([N+](=O)[O-])cc1)NOC(c1ccccc1)(c1ccccc1)c1ccccc1. The molecule has 0 radical (unpaired) electrons. The Hall–Kier alpha value is -4.82. The van der Waals surface area contributed by atoms with Crippen molar-refractivity contribution in [3.05, 3.63) is 148 Å². The quantitative estimate of drug-likeness (QED) is 0.0951. The van der Waals surface area contributed by atoms with E-state index in [4.69, 9.17) is 4.84 Å². The molecule has 8 nitrogen and oxygen atoms in total. The summed E-state index contributed by atoms with van der Waals surface area (Å²) in [5, 5.41) is 13.6. The fourth-order valence-electron chi connectivity index (χ4n) is 4.51. The second-order valence-electron chi connectivity index (χ2n) is 9.28. The number of unbranched alkanes of at least 4 members (excludes halogenated alkanes) is 2. The Morgan fingerprint density at radius 3 is 1.68 bits per heavy atom. The lowest BCUT2D eigenvalue weighted by atomic mass is 9.80. The molecule has 0 bridgehead atoms. The number of benzene rings is 4. The van der Waals surface area contributed by atoms with Crippen molar-refractivity contribution in [3.63, 3.8) is 0 Å². The number of rotatable bonds is 13. The molecule has 0 spiro atoms. The first-order valence-corrected chi connectivity index (χ1v) is 13.2.